The first-order valence-electron chi connectivity index (χ1n) is 6.41. The van der Waals surface area contributed by atoms with Crippen molar-refractivity contribution in [3.8, 4) is 11.8 Å². The summed E-state index contributed by atoms with van der Waals surface area (Å²) in [6, 6.07) is 4.09. The number of halogens is 1. The molecular formula is C15H22BrNO. The molecule has 0 saturated carbocycles. The van der Waals surface area contributed by atoms with Crippen molar-refractivity contribution in [2.75, 3.05) is 6.54 Å². The predicted octanol–water partition coefficient (Wildman–Crippen LogP) is 4.52. The fourth-order valence-electron chi connectivity index (χ4n) is 1.53. The first kappa shape index (κ1) is 15.3. The highest BCUT2D eigenvalue weighted by Gasteiger charge is 2.13. The number of nitrogens with one attached hydrogen (secondary N) is 1. The summed E-state index contributed by atoms with van der Waals surface area (Å²) in [5, 5.41) is 3.47. The lowest BCUT2D eigenvalue weighted by Gasteiger charge is -2.14. The Balaban J connectivity index is 2.69. The van der Waals surface area contributed by atoms with Crippen LogP contribution in [-0.4, -0.2) is 6.54 Å². The average Bonchev–Trinajstić information content (AvgIpc) is 2.68. The van der Waals surface area contributed by atoms with Crippen LogP contribution >= 0.6 is 15.9 Å². The van der Waals surface area contributed by atoms with Crippen molar-refractivity contribution in [2.45, 2.75) is 46.6 Å². The molecule has 18 heavy (non-hydrogen) atoms. The molecule has 0 aliphatic rings. The maximum atomic E-state index is 5.61. The van der Waals surface area contributed by atoms with E-state index in [1.807, 2.05) is 12.1 Å². The Morgan fingerprint density at radius 1 is 1.39 bits per heavy atom. The Bertz CT molecular complexity index is 420. The zero-order valence-corrected chi connectivity index (χ0v) is 13.2. The third-order valence-corrected chi connectivity index (χ3v) is 2.77. The van der Waals surface area contributed by atoms with E-state index in [2.05, 4.69) is 60.8 Å². The van der Waals surface area contributed by atoms with Crippen molar-refractivity contribution in [2.24, 2.45) is 5.41 Å². The molecule has 1 heterocycles. The minimum absolute atomic E-state index is 0.0546. The monoisotopic (exact) mass is 311 g/mol. The second-order valence-electron chi connectivity index (χ2n) is 5.40. The fourth-order valence-corrected chi connectivity index (χ4v) is 1.84. The highest BCUT2D eigenvalue weighted by atomic mass is 79.9. The summed E-state index contributed by atoms with van der Waals surface area (Å²) in [5.74, 6) is 7.46. The van der Waals surface area contributed by atoms with Crippen LogP contribution in [0.15, 0.2) is 21.2 Å². The van der Waals surface area contributed by atoms with E-state index >= 15 is 0 Å². The van der Waals surface area contributed by atoms with Gasteiger partial charge in [-0.1, -0.05) is 12.8 Å². The van der Waals surface area contributed by atoms with E-state index in [1.165, 1.54) is 0 Å². The third kappa shape index (κ3) is 5.75. The van der Waals surface area contributed by atoms with Gasteiger partial charge in [0, 0.05) is 11.8 Å². The summed E-state index contributed by atoms with van der Waals surface area (Å²) in [7, 11) is 0. The van der Waals surface area contributed by atoms with Gasteiger partial charge in [-0.25, -0.2) is 0 Å². The Kier molecular flexibility index (Phi) is 5.98. The Morgan fingerprint density at radius 2 is 2.11 bits per heavy atom. The van der Waals surface area contributed by atoms with E-state index in [0.29, 0.717) is 0 Å². The molecule has 1 N–H and O–H groups in total. The quantitative estimate of drug-likeness (QED) is 0.809. The lowest BCUT2D eigenvalue weighted by Crippen LogP contribution is -2.21. The molecule has 0 spiro atoms. The lowest BCUT2D eigenvalue weighted by atomic mass is 9.97. The number of hydrogen-bond donors (Lipinski definition) is 1. The van der Waals surface area contributed by atoms with E-state index in [0.717, 1.165) is 29.8 Å². The summed E-state index contributed by atoms with van der Waals surface area (Å²) >= 11 is 3.34. The number of hydrogen-bond acceptors (Lipinski definition) is 2. The molecule has 3 heteroatoms. The molecule has 2 nitrogen and oxygen atoms in total. The van der Waals surface area contributed by atoms with Gasteiger partial charge in [0.25, 0.3) is 0 Å². The molecule has 0 amide bonds. The zero-order valence-electron chi connectivity index (χ0n) is 11.6. The molecule has 1 atom stereocenters. The molecule has 0 radical (unpaired) electrons. The third-order valence-electron chi connectivity index (χ3n) is 2.35. The standard InChI is InChI=1S/C15H22BrNO/c1-5-11-17-12(7-6-10-15(2,3)4)13-8-9-14(16)18-13/h8-9,12,17H,5,7,11H2,1-4H3. The van der Waals surface area contributed by atoms with Gasteiger partial charge < -0.3 is 9.73 Å². The van der Waals surface area contributed by atoms with Gasteiger partial charge in [0.15, 0.2) is 4.67 Å². The predicted molar refractivity (Wildman–Crippen MR) is 79.3 cm³/mol. The van der Waals surface area contributed by atoms with Crippen LogP contribution in [0.5, 0.6) is 0 Å². The topological polar surface area (TPSA) is 25.2 Å². The lowest BCUT2D eigenvalue weighted by molar-refractivity contribution is 0.405. The molecule has 0 aromatic carbocycles. The molecule has 0 saturated heterocycles. The van der Waals surface area contributed by atoms with Gasteiger partial charge in [-0.15, -0.1) is 5.92 Å². The smallest absolute Gasteiger partial charge is 0.169 e. The largest absolute Gasteiger partial charge is 0.453 e. The maximum Gasteiger partial charge on any atom is 0.169 e. The van der Waals surface area contributed by atoms with Crippen LogP contribution in [0.25, 0.3) is 0 Å². The van der Waals surface area contributed by atoms with E-state index < -0.39 is 0 Å². The molecular weight excluding hydrogens is 290 g/mol. The Morgan fingerprint density at radius 3 is 2.61 bits per heavy atom. The van der Waals surface area contributed by atoms with E-state index in [-0.39, 0.29) is 11.5 Å². The van der Waals surface area contributed by atoms with Crippen LogP contribution in [0.4, 0.5) is 0 Å². The molecule has 100 valence electrons. The van der Waals surface area contributed by atoms with Crippen LogP contribution in [0.3, 0.4) is 0 Å². The van der Waals surface area contributed by atoms with Gasteiger partial charge >= 0.3 is 0 Å². The SMILES string of the molecule is CCCNC(CC#CC(C)(C)C)c1ccc(Br)o1. The summed E-state index contributed by atoms with van der Waals surface area (Å²) in [6.07, 6.45) is 1.88. The van der Waals surface area contributed by atoms with E-state index in [9.17, 15) is 0 Å². The number of furan rings is 1. The second kappa shape index (κ2) is 7.01. The Labute approximate surface area is 119 Å². The van der Waals surface area contributed by atoms with Crippen molar-refractivity contribution in [3.63, 3.8) is 0 Å². The van der Waals surface area contributed by atoms with Gasteiger partial charge in [0.05, 0.1) is 6.04 Å². The fraction of sp³-hybridized carbons (Fsp3) is 0.600. The minimum Gasteiger partial charge on any atom is -0.453 e. The highest BCUT2D eigenvalue weighted by molar-refractivity contribution is 9.10. The van der Waals surface area contributed by atoms with Gasteiger partial charge in [-0.3, -0.25) is 0 Å². The molecule has 1 aromatic heterocycles. The average molecular weight is 312 g/mol. The van der Waals surface area contributed by atoms with E-state index in [1.54, 1.807) is 0 Å². The molecule has 0 bridgehead atoms. The first-order chi connectivity index (χ1) is 8.42. The van der Waals surface area contributed by atoms with E-state index in [4.69, 9.17) is 4.42 Å². The van der Waals surface area contributed by atoms with Crippen LogP contribution < -0.4 is 5.32 Å². The van der Waals surface area contributed by atoms with Crippen LogP contribution in [0, 0.1) is 17.3 Å². The first-order valence-corrected chi connectivity index (χ1v) is 7.20. The molecule has 0 fully saturated rings. The van der Waals surface area contributed by atoms with Crippen LogP contribution in [0.2, 0.25) is 0 Å². The summed E-state index contributed by atoms with van der Waals surface area (Å²) in [4.78, 5) is 0. The van der Waals surface area contributed by atoms with Crippen molar-refractivity contribution >= 4 is 15.9 Å². The summed E-state index contributed by atoms with van der Waals surface area (Å²) in [5.41, 5.74) is 0.0546. The molecule has 0 aliphatic carbocycles. The molecule has 0 aliphatic heterocycles. The molecule has 1 unspecified atom stereocenters. The molecule has 1 aromatic rings. The van der Waals surface area contributed by atoms with Crippen LogP contribution in [-0.2, 0) is 0 Å². The van der Waals surface area contributed by atoms with Crippen molar-refractivity contribution in [1.82, 2.24) is 5.32 Å². The van der Waals surface area contributed by atoms with Crippen molar-refractivity contribution in [1.29, 1.82) is 0 Å². The van der Waals surface area contributed by atoms with Gasteiger partial charge in [-0.2, -0.15) is 0 Å². The summed E-state index contributed by atoms with van der Waals surface area (Å²) < 4.78 is 6.38. The number of rotatable bonds is 5. The van der Waals surface area contributed by atoms with Crippen molar-refractivity contribution < 1.29 is 4.42 Å². The summed E-state index contributed by atoms with van der Waals surface area (Å²) in [6.45, 7) is 9.50. The van der Waals surface area contributed by atoms with Gasteiger partial charge in [0.1, 0.15) is 5.76 Å². The van der Waals surface area contributed by atoms with Crippen LogP contribution in [0.1, 0.15) is 52.3 Å². The second-order valence-corrected chi connectivity index (χ2v) is 6.19. The van der Waals surface area contributed by atoms with Gasteiger partial charge in [-0.05, 0) is 61.8 Å². The Hall–Kier alpha value is -0.720. The minimum atomic E-state index is 0.0546. The van der Waals surface area contributed by atoms with Crippen molar-refractivity contribution in [3.05, 3.63) is 22.6 Å². The zero-order chi connectivity index (χ0) is 13.6. The highest BCUT2D eigenvalue weighted by Crippen LogP contribution is 2.23. The van der Waals surface area contributed by atoms with Gasteiger partial charge in [0.2, 0.25) is 0 Å². The molecule has 1 rings (SSSR count). The normalized spacial score (nSPS) is 12.9. The maximum absolute atomic E-state index is 5.61.